The van der Waals surface area contributed by atoms with Gasteiger partial charge >= 0.3 is 0 Å². The number of likely N-dealkylation sites (tertiary alicyclic amines) is 1. The van der Waals surface area contributed by atoms with E-state index >= 15 is 0 Å². The van der Waals surface area contributed by atoms with E-state index in [1.165, 1.54) is 12.5 Å². The molecule has 6 heteroatoms. The summed E-state index contributed by atoms with van der Waals surface area (Å²) in [5.41, 5.74) is 2.04. The highest BCUT2D eigenvalue weighted by Crippen LogP contribution is 2.28. The van der Waals surface area contributed by atoms with Crippen molar-refractivity contribution < 1.29 is 13.6 Å². The van der Waals surface area contributed by atoms with Gasteiger partial charge in [-0.05, 0) is 80.0 Å². The first-order valence-electron chi connectivity index (χ1n) is 12.0. The number of aryl methyl sites for hydroxylation is 2. The Kier molecular flexibility index (Phi) is 12.8. The number of halogens is 3. The molecule has 1 amide bonds. The van der Waals surface area contributed by atoms with Crippen LogP contribution in [0.1, 0.15) is 70.6 Å². The number of nitrogens with zero attached hydrogens (tertiary/aromatic N) is 2. The third-order valence-corrected chi connectivity index (χ3v) is 6.71. The summed E-state index contributed by atoms with van der Waals surface area (Å²) in [4.78, 5) is 13.8. The molecule has 1 fully saturated rings. The van der Waals surface area contributed by atoms with Gasteiger partial charge in [0.2, 0.25) is 5.91 Å². The number of nitriles is 1. The molecule has 0 aliphatic carbocycles. The van der Waals surface area contributed by atoms with Gasteiger partial charge in [0.1, 0.15) is 17.7 Å². The molecule has 3 unspecified atom stereocenters. The van der Waals surface area contributed by atoms with Crippen LogP contribution < -0.4 is 0 Å². The number of hydrogen-bond donors (Lipinski definition) is 0. The maximum atomic E-state index is 12.6. The maximum Gasteiger partial charge on any atom is 0.223 e. The van der Waals surface area contributed by atoms with Gasteiger partial charge in [0, 0.05) is 19.0 Å². The zero-order valence-electron chi connectivity index (χ0n) is 21.2. The molecule has 0 spiro atoms. The zero-order valence-corrected chi connectivity index (χ0v) is 21.9. The van der Waals surface area contributed by atoms with Gasteiger partial charge in [0.15, 0.2) is 0 Å². The van der Waals surface area contributed by atoms with Crippen molar-refractivity contribution in [3.8, 4) is 6.07 Å². The molecule has 2 aromatic rings. The molecule has 3 atom stereocenters. The van der Waals surface area contributed by atoms with Crippen LogP contribution in [0.5, 0.6) is 0 Å². The number of benzene rings is 2. The van der Waals surface area contributed by atoms with E-state index in [9.17, 15) is 13.6 Å². The van der Waals surface area contributed by atoms with Gasteiger partial charge in [0.05, 0.1) is 10.6 Å². The highest BCUT2D eigenvalue weighted by atomic mass is 35.5. The first-order valence-corrected chi connectivity index (χ1v) is 12.3. The molecule has 1 aliphatic rings. The highest BCUT2D eigenvalue weighted by molar-refractivity contribution is 6.31. The second-order valence-electron chi connectivity index (χ2n) is 8.84. The predicted molar refractivity (Wildman–Crippen MR) is 136 cm³/mol. The van der Waals surface area contributed by atoms with Crippen LogP contribution in [-0.4, -0.2) is 23.4 Å². The van der Waals surface area contributed by atoms with Crippen LogP contribution in [0.25, 0.3) is 0 Å². The molecular weight excluding hydrogens is 454 g/mol. The molecule has 0 aromatic heterocycles. The maximum absolute atomic E-state index is 12.6. The summed E-state index contributed by atoms with van der Waals surface area (Å²) in [5, 5.41) is 9.00. The Labute approximate surface area is 208 Å². The van der Waals surface area contributed by atoms with E-state index in [0.717, 1.165) is 37.1 Å². The molecule has 0 bridgehead atoms. The van der Waals surface area contributed by atoms with Crippen molar-refractivity contribution in [2.45, 2.75) is 73.3 Å². The van der Waals surface area contributed by atoms with Crippen molar-refractivity contribution >= 4 is 17.5 Å². The Morgan fingerprint density at radius 2 is 1.79 bits per heavy atom. The first-order chi connectivity index (χ1) is 16.1. The van der Waals surface area contributed by atoms with Crippen LogP contribution >= 0.6 is 11.6 Å². The molecule has 3 nitrogen and oxygen atoms in total. The molecule has 1 saturated heterocycles. The summed E-state index contributed by atoms with van der Waals surface area (Å²) >= 11 is 5.71. The van der Waals surface area contributed by atoms with Crippen LogP contribution in [0, 0.1) is 41.7 Å². The lowest BCUT2D eigenvalue weighted by molar-refractivity contribution is -0.129. The fourth-order valence-corrected chi connectivity index (χ4v) is 3.92. The van der Waals surface area contributed by atoms with Crippen molar-refractivity contribution in [2.24, 2.45) is 11.8 Å². The van der Waals surface area contributed by atoms with Crippen LogP contribution in [0.3, 0.4) is 0 Å². The van der Waals surface area contributed by atoms with Crippen molar-refractivity contribution in [3.63, 3.8) is 0 Å². The lowest BCUT2D eigenvalue weighted by Crippen LogP contribution is -2.34. The number of carbonyl (C=O) groups is 1. The van der Waals surface area contributed by atoms with Gasteiger partial charge < -0.3 is 4.90 Å². The Morgan fingerprint density at radius 3 is 2.29 bits per heavy atom. The number of rotatable bonds is 5. The Bertz CT molecular complexity index is 964. The first kappa shape index (κ1) is 29.6. The fourth-order valence-electron chi connectivity index (χ4n) is 3.65. The summed E-state index contributed by atoms with van der Waals surface area (Å²) in [7, 11) is 0. The molecule has 1 aliphatic heterocycles. The zero-order chi connectivity index (χ0) is 25.8. The van der Waals surface area contributed by atoms with Gasteiger partial charge in [-0.3, -0.25) is 4.79 Å². The molecule has 3 rings (SSSR count). The molecule has 2 aromatic carbocycles. The lowest BCUT2D eigenvalue weighted by Gasteiger charge is -2.24. The summed E-state index contributed by atoms with van der Waals surface area (Å²) < 4.78 is 25.0. The molecule has 34 heavy (non-hydrogen) atoms. The topological polar surface area (TPSA) is 44.1 Å². The van der Waals surface area contributed by atoms with E-state index in [4.69, 9.17) is 16.9 Å². The van der Waals surface area contributed by atoms with Gasteiger partial charge in [-0.15, -0.1) is 0 Å². The standard InChI is InChI=1S/C12H23NO.C8H6ClN.C8H8F2/c1-5-9(3)11-7-12(14)13(8-11)10(4)6-2;1-6-2-3-7(5-10)8(9)4-6;1-2-6-5-7(9)3-4-8(6)10/h9-11H,5-8H2,1-4H3;2-4H,1H3;3-5H,2H2,1H3. The number of hydrogen-bond acceptors (Lipinski definition) is 2. The van der Waals surface area contributed by atoms with Crippen molar-refractivity contribution in [1.29, 1.82) is 5.26 Å². The largest absolute Gasteiger partial charge is 0.340 e. The smallest absolute Gasteiger partial charge is 0.223 e. The molecular formula is C28H37ClF2N2O. The van der Waals surface area contributed by atoms with Crippen LogP contribution in [0.4, 0.5) is 8.78 Å². The van der Waals surface area contributed by atoms with E-state index < -0.39 is 0 Å². The number of amides is 1. The monoisotopic (exact) mass is 490 g/mol. The normalized spacial score (nSPS) is 16.5. The Morgan fingerprint density at radius 1 is 1.12 bits per heavy atom. The third-order valence-electron chi connectivity index (χ3n) is 6.39. The Balaban J connectivity index is 0.000000261. The van der Waals surface area contributed by atoms with Gasteiger partial charge in [0.25, 0.3) is 0 Å². The summed E-state index contributed by atoms with van der Waals surface area (Å²) in [6.07, 6.45) is 3.56. The van der Waals surface area contributed by atoms with Crippen LogP contribution in [0.15, 0.2) is 36.4 Å². The quantitative estimate of drug-likeness (QED) is 0.430. The average Bonchev–Trinajstić information content (AvgIpc) is 3.22. The molecule has 186 valence electrons. The summed E-state index contributed by atoms with van der Waals surface area (Å²) in [6.45, 7) is 13.5. The SMILES string of the molecule is CCC(C)C1CC(=O)N(C(C)CC)C1.CCc1cc(F)ccc1F.Cc1ccc(C#N)c(Cl)c1. The highest BCUT2D eigenvalue weighted by Gasteiger charge is 2.34. The molecule has 0 radical (unpaired) electrons. The molecule has 0 saturated carbocycles. The minimum absolute atomic E-state index is 0.330. The lowest BCUT2D eigenvalue weighted by atomic mass is 9.91. The average molecular weight is 491 g/mol. The number of carbonyl (C=O) groups excluding carboxylic acids is 1. The van der Waals surface area contributed by atoms with Gasteiger partial charge in [-0.25, -0.2) is 8.78 Å². The molecule has 1 heterocycles. The van der Waals surface area contributed by atoms with Crippen molar-refractivity contribution in [2.75, 3.05) is 6.54 Å². The van der Waals surface area contributed by atoms with Crippen molar-refractivity contribution in [3.05, 3.63) is 69.7 Å². The second kappa shape index (κ2) is 14.7. The minimum Gasteiger partial charge on any atom is -0.340 e. The van der Waals surface area contributed by atoms with Crippen molar-refractivity contribution in [1.82, 2.24) is 4.90 Å². The fraction of sp³-hybridized carbons (Fsp3) is 0.500. The molecule has 0 N–H and O–H groups in total. The second-order valence-corrected chi connectivity index (χ2v) is 9.24. The van der Waals surface area contributed by atoms with E-state index in [1.54, 1.807) is 19.1 Å². The van der Waals surface area contributed by atoms with Crippen LogP contribution in [-0.2, 0) is 11.2 Å². The summed E-state index contributed by atoms with van der Waals surface area (Å²) in [6, 6.07) is 11.3. The third kappa shape index (κ3) is 9.06. The van der Waals surface area contributed by atoms with E-state index in [-0.39, 0.29) is 11.6 Å². The van der Waals surface area contributed by atoms with E-state index in [1.807, 2.05) is 19.1 Å². The van der Waals surface area contributed by atoms with E-state index in [2.05, 4.69) is 32.6 Å². The van der Waals surface area contributed by atoms with Crippen LogP contribution in [0.2, 0.25) is 5.02 Å². The minimum atomic E-state index is -0.377. The van der Waals surface area contributed by atoms with Gasteiger partial charge in [-0.1, -0.05) is 51.8 Å². The van der Waals surface area contributed by atoms with E-state index in [0.29, 0.717) is 46.4 Å². The predicted octanol–water partition coefficient (Wildman–Crippen LogP) is 7.73. The van der Waals surface area contributed by atoms with Gasteiger partial charge in [-0.2, -0.15) is 5.26 Å². The summed E-state index contributed by atoms with van der Waals surface area (Å²) in [5.74, 6) is 0.946. The Hall–Kier alpha value is -2.45.